The number of nitrogens with zero attached hydrogens (tertiary/aromatic N) is 2. The number of halogens is 1. The van der Waals surface area contributed by atoms with Crippen molar-refractivity contribution in [2.24, 2.45) is 11.6 Å². The van der Waals surface area contributed by atoms with Gasteiger partial charge in [0.05, 0.1) is 22.5 Å². The van der Waals surface area contributed by atoms with Gasteiger partial charge in [0.2, 0.25) is 6.10 Å². The van der Waals surface area contributed by atoms with Crippen molar-refractivity contribution in [3.63, 3.8) is 0 Å². The summed E-state index contributed by atoms with van der Waals surface area (Å²) in [6.07, 6.45) is 2.18. The predicted molar refractivity (Wildman–Crippen MR) is 90.3 cm³/mol. The number of nitrogens with one attached hydrogen (secondary N) is 2. The topological polar surface area (TPSA) is 148 Å². The van der Waals surface area contributed by atoms with E-state index in [2.05, 4.69) is 43.1 Å². The minimum Gasteiger partial charge on any atom is -0.495 e. The van der Waals surface area contributed by atoms with Crippen LogP contribution in [0.2, 0.25) is 0 Å². The molecule has 2 aromatic rings. The van der Waals surface area contributed by atoms with Gasteiger partial charge in [-0.05, 0) is 22.0 Å². The molecular formula is C13H17BrN7O2+. The van der Waals surface area contributed by atoms with Gasteiger partial charge in [0.1, 0.15) is 23.6 Å². The van der Waals surface area contributed by atoms with Gasteiger partial charge in [0.25, 0.3) is 0 Å². The summed E-state index contributed by atoms with van der Waals surface area (Å²) in [6, 6.07) is 1.66. The molecule has 0 fully saturated rings. The zero-order valence-corrected chi connectivity index (χ0v) is 13.9. The number of ether oxygens (including phenoxy) is 2. The monoisotopic (exact) mass is 382 g/mol. The Bertz CT molecular complexity index is 766. The molecule has 0 aliphatic rings. The van der Waals surface area contributed by atoms with E-state index in [1.165, 1.54) is 19.5 Å². The molecule has 122 valence electrons. The van der Waals surface area contributed by atoms with Crippen LogP contribution in [0.25, 0.3) is 10.9 Å². The third-order valence-corrected chi connectivity index (χ3v) is 3.79. The second-order valence-electron chi connectivity index (χ2n) is 4.37. The zero-order valence-electron chi connectivity index (χ0n) is 12.3. The van der Waals surface area contributed by atoms with E-state index < -0.39 is 6.10 Å². The maximum Gasteiger partial charge on any atom is 0.310 e. The maximum atomic E-state index is 5.96. The number of nitrogens with two attached hydrogens (primary N) is 3. The first-order valence-electron chi connectivity index (χ1n) is 6.43. The van der Waals surface area contributed by atoms with Gasteiger partial charge in [0, 0.05) is 6.07 Å². The Morgan fingerprint density at radius 3 is 2.83 bits per heavy atom. The maximum absolute atomic E-state index is 5.96. The third-order valence-electron chi connectivity index (χ3n) is 3.02. The molecule has 0 amide bonds. The largest absolute Gasteiger partial charge is 0.495 e. The molecule has 1 aromatic heterocycles. The number of methoxy groups -OCH3 is 1. The molecule has 0 bridgehead atoms. The Morgan fingerprint density at radius 2 is 2.22 bits per heavy atom. The summed E-state index contributed by atoms with van der Waals surface area (Å²) < 4.78 is 11.8. The van der Waals surface area contributed by atoms with Crippen LogP contribution >= 0.6 is 15.9 Å². The van der Waals surface area contributed by atoms with E-state index in [-0.39, 0.29) is 11.7 Å². The third kappa shape index (κ3) is 3.27. The second-order valence-corrected chi connectivity index (χ2v) is 5.17. The van der Waals surface area contributed by atoms with Gasteiger partial charge in [0.15, 0.2) is 0 Å². The summed E-state index contributed by atoms with van der Waals surface area (Å²) in [4.78, 5) is 8.21. The molecule has 0 saturated heterocycles. The van der Waals surface area contributed by atoms with Crippen LogP contribution in [0.1, 0.15) is 0 Å². The predicted octanol–water partition coefficient (Wildman–Crippen LogP) is -1.27. The highest BCUT2D eigenvalue weighted by atomic mass is 79.9. The highest BCUT2D eigenvalue weighted by Crippen LogP contribution is 2.40. The SMILES string of the molecule is C=C[C@H](Oc1cc(OC)c(Br)c2ncnc(N)c12)/C(N)=[NH+]/NN. The molecule has 2 rings (SSSR count). The highest BCUT2D eigenvalue weighted by molar-refractivity contribution is 9.10. The van der Waals surface area contributed by atoms with Crippen LogP contribution in [0.3, 0.4) is 0 Å². The van der Waals surface area contributed by atoms with Crippen molar-refractivity contribution in [1.82, 2.24) is 15.5 Å². The summed E-state index contributed by atoms with van der Waals surface area (Å²) >= 11 is 3.43. The lowest BCUT2D eigenvalue weighted by Gasteiger charge is -2.16. The minimum absolute atomic E-state index is 0.216. The van der Waals surface area contributed by atoms with Crippen molar-refractivity contribution in [1.29, 1.82) is 0 Å². The van der Waals surface area contributed by atoms with Crippen LogP contribution in [0.4, 0.5) is 5.82 Å². The molecule has 1 atom stereocenters. The number of nitrogen functional groups attached to an aromatic ring is 1. The van der Waals surface area contributed by atoms with Gasteiger partial charge in [-0.25, -0.2) is 15.8 Å². The zero-order chi connectivity index (χ0) is 17.0. The Hall–Kier alpha value is -2.59. The van der Waals surface area contributed by atoms with Crippen molar-refractivity contribution in [2.45, 2.75) is 6.10 Å². The molecule has 1 aromatic carbocycles. The van der Waals surface area contributed by atoms with E-state index in [1.54, 1.807) is 6.07 Å². The molecule has 0 aliphatic heterocycles. The highest BCUT2D eigenvalue weighted by Gasteiger charge is 2.22. The lowest BCUT2D eigenvalue weighted by molar-refractivity contribution is -0.531. The molecule has 0 spiro atoms. The Labute approximate surface area is 140 Å². The first kappa shape index (κ1) is 16.8. The number of fused-ring (bicyclic) bond motifs is 1. The second kappa shape index (κ2) is 7.11. The summed E-state index contributed by atoms with van der Waals surface area (Å²) in [7, 11) is 1.53. The van der Waals surface area contributed by atoms with E-state index in [4.69, 9.17) is 26.8 Å². The molecule has 8 N–H and O–H groups in total. The average Bonchev–Trinajstić information content (AvgIpc) is 2.54. The quantitative estimate of drug-likeness (QED) is 0.136. The number of hydrogen-bond donors (Lipinski definition) is 5. The molecular weight excluding hydrogens is 366 g/mol. The normalized spacial score (nSPS) is 12.7. The molecule has 0 radical (unpaired) electrons. The van der Waals surface area contributed by atoms with Crippen LogP contribution in [0.15, 0.2) is 29.5 Å². The van der Waals surface area contributed by atoms with Gasteiger partial charge in [-0.2, -0.15) is 10.6 Å². The standard InChI is InChI=1S/C13H16BrN7O2/c1-3-6(12(15)20-21-17)23-7-4-8(22-2)10(14)11-9(7)13(16)19-5-18-11/h3-6,21H,1,17H2,2H3,(H2,15,20)(H2,16,18,19)/p+1/t6-/m0/s1. The first-order chi connectivity index (χ1) is 11.0. The molecule has 0 saturated carbocycles. The fraction of sp³-hybridized carbons (Fsp3) is 0.154. The van der Waals surface area contributed by atoms with E-state index in [1.807, 2.05) is 0 Å². The van der Waals surface area contributed by atoms with Gasteiger partial charge in [-0.15, -0.1) is 0 Å². The molecule has 0 aliphatic carbocycles. The van der Waals surface area contributed by atoms with Gasteiger partial charge in [-0.3, -0.25) is 5.73 Å². The molecule has 10 heteroatoms. The first-order valence-corrected chi connectivity index (χ1v) is 7.22. The lowest BCUT2D eigenvalue weighted by atomic mass is 10.2. The fourth-order valence-electron chi connectivity index (χ4n) is 1.95. The lowest BCUT2D eigenvalue weighted by Crippen LogP contribution is -2.88. The van der Waals surface area contributed by atoms with Crippen LogP contribution in [0.5, 0.6) is 11.5 Å². The van der Waals surface area contributed by atoms with Crippen molar-refractivity contribution in [2.75, 3.05) is 12.8 Å². The smallest absolute Gasteiger partial charge is 0.310 e. The summed E-state index contributed by atoms with van der Waals surface area (Å²) in [5.74, 6) is 6.58. The number of benzene rings is 1. The fourth-order valence-corrected chi connectivity index (χ4v) is 2.53. The van der Waals surface area contributed by atoms with Gasteiger partial charge in [-0.1, -0.05) is 6.58 Å². The van der Waals surface area contributed by atoms with Crippen LogP contribution in [-0.2, 0) is 0 Å². The van der Waals surface area contributed by atoms with E-state index in [0.717, 1.165) is 0 Å². The van der Waals surface area contributed by atoms with Gasteiger partial charge >= 0.3 is 5.84 Å². The Kier molecular flexibility index (Phi) is 5.19. The van der Waals surface area contributed by atoms with Crippen LogP contribution < -0.4 is 37.4 Å². The average molecular weight is 383 g/mol. The summed E-state index contributed by atoms with van der Waals surface area (Å²) in [5, 5.41) is 3.07. The van der Waals surface area contributed by atoms with Gasteiger partial charge < -0.3 is 15.2 Å². The Morgan fingerprint density at radius 1 is 1.48 bits per heavy atom. The minimum atomic E-state index is -0.681. The molecule has 0 unspecified atom stereocenters. The van der Waals surface area contributed by atoms with E-state index in [0.29, 0.717) is 26.9 Å². The number of hydrazine groups is 2. The molecule has 23 heavy (non-hydrogen) atoms. The number of aromatic nitrogens is 2. The van der Waals surface area contributed by atoms with E-state index >= 15 is 0 Å². The number of rotatable bonds is 6. The van der Waals surface area contributed by atoms with Crippen molar-refractivity contribution >= 4 is 38.5 Å². The Balaban J connectivity index is 2.61. The number of anilines is 1. The number of amidine groups is 1. The summed E-state index contributed by atoms with van der Waals surface area (Å²) in [6.45, 7) is 3.69. The number of hydrazone groups is 1. The number of hydrogen-bond acceptors (Lipinski definition) is 7. The van der Waals surface area contributed by atoms with E-state index in [9.17, 15) is 0 Å². The van der Waals surface area contributed by atoms with Crippen molar-refractivity contribution < 1.29 is 14.6 Å². The summed E-state index contributed by atoms with van der Waals surface area (Å²) in [5.41, 5.74) is 14.6. The van der Waals surface area contributed by atoms with Crippen molar-refractivity contribution in [3.8, 4) is 11.5 Å². The van der Waals surface area contributed by atoms with Crippen LogP contribution in [0, 0.1) is 0 Å². The molecule has 1 heterocycles. The van der Waals surface area contributed by atoms with Crippen LogP contribution in [-0.4, -0.2) is 29.0 Å². The molecule has 9 nitrogen and oxygen atoms in total. The van der Waals surface area contributed by atoms with Crippen molar-refractivity contribution in [3.05, 3.63) is 29.5 Å².